The lowest BCUT2D eigenvalue weighted by atomic mass is 10.2. The highest BCUT2D eigenvalue weighted by molar-refractivity contribution is 7.99. The van der Waals surface area contributed by atoms with Crippen molar-refractivity contribution >= 4 is 23.6 Å². The van der Waals surface area contributed by atoms with Crippen LogP contribution in [0.4, 0.5) is 5.95 Å². The summed E-state index contributed by atoms with van der Waals surface area (Å²) in [6, 6.07) is 15.6. The highest BCUT2D eigenvalue weighted by Gasteiger charge is 2.22. The van der Waals surface area contributed by atoms with Gasteiger partial charge in [0.25, 0.3) is 0 Å². The second-order valence-corrected chi connectivity index (χ2v) is 8.89. The number of morpholine rings is 1. The van der Waals surface area contributed by atoms with Crippen molar-refractivity contribution in [3.05, 3.63) is 54.1 Å². The first-order valence-corrected chi connectivity index (χ1v) is 12.7. The summed E-state index contributed by atoms with van der Waals surface area (Å²) in [6.07, 6.45) is 0. The van der Waals surface area contributed by atoms with E-state index in [4.69, 9.17) is 14.2 Å². The van der Waals surface area contributed by atoms with Crippen LogP contribution >= 0.6 is 11.8 Å². The van der Waals surface area contributed by atoms with E-state index >= 15 is 0 Å². The standard InChI is InChI=1S/C25H31N5O4S/c1-3-33-21-8-10-22(11-9-21)34-15-12-26-23(31)18-35-25-28-27-24(29-13-16-32-17-14-29)30(25)20-6-4-19(2)5-7-20/h4-11H,3,12-18H2,1-2H3,(H,26,31). The third-order valence-electron chi connectivity index (χ3n) is 5.36. The van der Waals surface area contributed by atoms with Gasteiger partial charge in [-0.15, -0.1) is 10.2 Å². The Hall–Kier alpha value is -3.24. The second kappa shape index (κ2) is 12.5. The minimum Gasteiger partial charge on any atom is -0.494 e. The summed E-state index contributed by atoms with van der Waals surface area (Å²) >= 11 is 1.36. The number of amides is 1. The minimum absolute atomic E-state index is 0.0864. The average molecular weight is 498 g/mol. The zero-order valence-corrected chi connectivity index (χ0v) is 20.9. The van der Waals surface area contributed by atoms with Gasteiger partial charge in [-0.05, 0) is 50.2 Å². The van der Waals surface area contributed by atoms with Crippen molar-refractivity contribution in [1.82, 2.24) is 20.1 Å². The Morgan fingerprint density at radius 3 is 2.40 bits per heavy atom. The Morgan fingerprint density at radius 2 is 1.71 bits per heavy atom. The Balaban J connectivity index is 1.31. The van der Waals surface area contributed by atoms with E-state index in [1.54, 1.807) is 0 Å². The molecule has 0 atom stereocenters. The largest absolute Gasteiger partial charge is 0.494 e. The Kier molecular flexibility index (Phi) is 8.85. The number of anilines is 1. The Labute approximate surface area is 209 Å². The number of nitrogens with zero attached hydrogens (tertiary/aromatic N) is 4. The smallest absolute Gasteiger partial charge is 0.232 e. The van der Waals surface area contributed by atoms with Crippen LogP contribution < -0.4 is 19.7 Å². The minimum atomic E-state index is -0.0864. The van der Waals surface area contributed by atoms with Gasteiger partial charge in [-0.3, -0.25) is 9.36 Å². The van der Waals surface area contributed by atoms with Crippen molar-refractivity contribution in [2.24, 2.45) is 0 Å². The van der Waals surface area contributed by atoms with E-state index in [2.05, 4.69) is 39.5 Å². The van der Waals surface area contributed by atoms with Crippen LogP contribution in [0.25, 0.3) is 5.69 Å². The molecule has 1 saturated heterocycles. The van der Waals surface area contributed by atoms with Gasteiger partial charge in [0.1, 0.15) is 18.1 Å². The Morgan fingerprint density at radius 1 is 1.03 bits per heavy atom. The topological polar surface area (TPSA) is 90.7 Å². The van der Waals surface area contributed by atoms with Crippen molar-refractivity contribution in [3.8, 4) is 17.2 Å². The van der Waals surface area contributed by atoms with Crippen LogP contribution in [0.1, 0.15) is 12.5 Å². The van der Waals surface area contributed by atoms with Crippen LogP contribution in [0, 0.1) is 6.92 Å². The number of benzene rings is 2. The fourth-order valence-corrected chi connectivity index (χ4v) is 4.36. The van der Waals surface area contributed by atoms with Gasteiger partial charge in [0, 0.05) is 13.1 Å². The highest BCUT2D eigenvalue weighted by atomic mass is 32.2. The fraction of sp³-hybridized carbons (Fsp3) is 0.400. The summed E-state index contributed by atoms with van der Waals surface area (Å²) in [5.41, 5.74) is 2.14. The molecule has 9 nitrogen and oxygen atoms in total. The van der Waals surface area contributed by atoms with Crippen molar-refractivity contribution in [2.45, 2.75) is 19.0 Å². The molecule has 2 heterocycles. The van der Waals surface area contributed by atoms with Crippen molar-refractivity contribution in [2.75, 3.05) is 56.7 Å². The monoisotopic (exact) mass is 497 g/mol. The summed E-state index contributed by atoms with van der Waals surface area (Å²) in [5.74, 6) is 2.45. The maximum absolute atomic E-state index is 12.5. The molecule has 1 aromatic heterocycles. The first-order chi connectivity index (χ1) is 17.1. The molecule has 10 heteroatoms. The van der Waals surface area contributed by atoms with Gasteiger partial charge in [-0.2, -0.15) is 0 Å². The fourth-order valence-electron chi connectivity index (χ4n) is 3.58. The molecule has 1 N–H and O–H groups in total. The van der Waals surface area contributed by atoms with Crippen molar-refractivity contribution < 1.29 is 19.0 Å². The second-order valence-electron chi connectivity index (χ2n) is 7.94. The predicted molar refractivity (Wildman–Crippen MR) is 136 cm³/mol. The molecule has 0 bridgehead atoms. The van der Waals surface area contributed by atoms with Crippen LogP contribution in [0.2, 0.25) is 0 Å². The summed E-state index contributed by atoms with van der Waals surface area (Å²) < 4.78 is 18.6. The van der Waals surface area contributed by atoms with E-state index in [1.165, 1.54) is 17.3 Å². The van der Waals surface area contributed by atoms with E-state index in [1.807, 2.05) is 47.9 Å². The van der Waals surface area contributed by atoms with Gasteiger partial charge in [0.15, 0.2) is 5.16 Å². The van der Waals surface area contributed by atoms with E-state index in [-0.39, 0.29) is 11.7 Å². The molecule has 0 aliphatic carbocycles. The molecule has 4 rings (SSSR count). The molecular weight excluding hydrogens is 466 g/mol. The molecule has 3 aromatic rings. The molecule has 2 aromatic carbocycles. The van der Waals surface area contributed by atoms with Crippen molar-refractivity contribution in [3.63, 3.8) is 0 Å². The number of carbonyl (C=O) groups excluding carboxylic acids is 1. The number of aryl methyl sites for hydroxylation is 1. The highest BCUT2D eigenvalue weighted by Crippen LogP contribution is 2.27. The van der Waals surface area contributed by atoms with Crippen LogP contribution in [-0.4, -0.2) is 72.5 Å². The quantitative estimate of drug-likeness (QED) is 0.319. The van der Waals surface area contributed by atoms with Crippen LogP contribution in [0.3, 0.4) is 0 Å². The average Bonchev–Trinajstić information content (AvgIpc) is 3.31. The number of hydrogen-bond donors (Lipinski definition) is 1. The first kappa shape index (κ1) is 24.9. The number of rotatable bonds is 11. The predicted octanol–water partition coefficient (Wildman–Crippen LogP) is 3.10. The summed E-state index contributed by atoms with van der Waals surface area (Å²) in [6.45, 7) is 8.24. The summed E-state index contributed by atoms with van der Waals surface area (Å²) in [5, 5.41) is 12.4. The van der Waals surface area contributed by atoms with Crippen molar-refractivity contribution in [1.29, 1.82) is 0 Å². The van der Waals surface area contributed by atoms with Gasteiger partial charge in [0.05, 0.1) is 37.8 Å². The van der Waals surface area contributed by atoms with Gasteiger partial charge >= 0.3 is 0 Å². The Bertz CT molecular complexity index is 1080. The number of nitrogens with one attached hydrogen (secondary N) is 1. The number of carbonyl (C=O) groups is 1. The number of aromatic nitrogens is 3. The lowest BCUT2D eigenvalue weighted by Gasteiger charge is -2.27. The van der Waals surface area contributed by atoms with Crippen LogP contribution in [0.5, 0.6) is 11.5 Å². The van der Waals surface area contributed by atoms with Gasteiger partial charge in [-0.25, -0.2) is 0 Å². The molecule has 1 aliphatic rings. The molecule has 186 valence electrons. The molecule has 1 fully saturated rings. The third kappa shape index (κ3) is 6.89. The molecule has 35 heavy (non-hydrogen) atoms. The SMILES string of the molecule is CCOc1ccc(OCCNC(=O)CSc2nnc(N3CCOCC3)n2-c2ccc(C)cc2)cc1. The number of ether oxygens (including phenoxy) is 3. The maximum Gasteiger partial charge on any atom is 0.232 e. The summed E-state index contributed by atoms with van der Waals surface area (Å²) in [4.78, 5) is 14.6. The zero-order valence-electron chi connectivity index (χ0n) is 20.1. The molecule has 0 radical (unpaired) electrons. The lowest BCUT2D eigenvalue weighted by Crippen LogP contribution is -2.37. The van der Waals surface area contributed by atoms with E-state index in [0.29, 0.717) is 38.1 Å². The van der Waals surface area contributed by atoms with Gasteiger partial charge in [0.2, 0.25) is 11.9 Å². The normalized spacial score (nSPS) is 13.5. The molecule has 0 spiro atoms. The van der Waals surface area contributed by atoms with Crippen LogP contribution in [-0.2, 0) is 9.53 Å². The van der Waals surface area contributed by atoms with E-state index in [0.717, 1.165) is 36.2 Å². The maximum atomic E-state index is 12.5. The van der Waals surface area contributed by atoms with E-state index < -0.39 is 0 Å². The van der Waals surface area contributed by atoms with E-state index in [9.17, 15) is 4.79 Å². The summed E-state index contributed by atoms with van der Waals surface area (Å²) in [7, 11) is 0. The van der Waals surface area contributed by atoms with Gasteiger partial charge < -0.3 is 24.4 Å². The zero-order chi connectivity index (χ0) is 24.5. The van der Waals surface area contributed by atoms with Crippen LogP contribution in [0.15, 0.2) is 53.7 Å². The third-order valence-corrected chi connectivity index (χ3v) is 6.29. The molecular formula is C25H31N5O4S. The first-order valence-electron chi connectivity index (χ1n) is 11.7. The molecule has 0 unspecified atom stereocenters. The van der Waals surface area contributed by atoms with Gasteiger partial charge in [-0.1, -0.05) is 29.5 Å². The number of hydrogen-bond acceptors (Lipinski definition) is 8. The lowest BCUT2D eigenvalue weighted by molar-refractivity contribution is -0.118. The molecule has 0 saturated carbocycles. The number of thioether (sulfide) groups is 1. The molecule has 1 aliphatic heterocycles. The molecule has 1 amide bonds.